The number of hydrogen-bond acceptors (Lipinski definition) is 6. The predicted molar refractivity (Wildman–Crippen MR) is 102 cm³/mol. The van der Waals surface area contributed by atoms with E-state index >= 15 is 0 Å². The van der Waals surface area contributed by atoms with Gasteiger partial charge in [0, 0.05) is 31.0 Å². The van der Waals surface area contributed by atoms with Crippen LogP contribution in [0.1, 0.15) is 36.0 Å². The van der Waals surface area contributed by atoms with Crippen LogP contribution in [0.15, 0.2) is 34.3 Å². The summed E-state index contributed by atoms with van der Waals surface area (Å²) in [6, 6.07) is 6.06. The monoisotopic (exact) mass is 407 g/mol. The van der Waals surface area contributed by atoms with E-state index in [-0.39, 0.29) is 10.8 Å². The van der Waals surface area contributed by atoms with Gasteiger partial charge in [0.2, 0.25) is 16.0 Å². The highest BCUT2D eigenvalue weighted by Gasteiger charge is 2.26. The summed E-state index contributed by atoms with van der Waals surface area (Å²) in [7, 11) is -3.49. The summed E-state index contributed by atoms with van der Waals surface area (Å²) in [4.78, 5) is 12.7. The molecule has 2 aromatic rings. The number of nitrogens with one attached hydrogen (secondary N) is 1. The third kappa shape index (κ3) is 3.74. The number of benzene rings is 1. The van der Waals surface area contributed by atoms with Crippen molar-refractivity contribution in [1.29, 1.82) is 0 Å². The van der Waals surface area contributed by atoms with Gasteiger partial charge in [-0.15, -0.1) is 10.2 Å². The van der Waals surface area contributed by atoms with Crippen molar-refractivity contribution in [3.05, 3.63) is 29.8 Å². The second-order valence-electron chi connectivity index (χ2n) is 6.60. The van der Waals surface area contributed by atoms with Crippen molar-refractivity contribution in [3.8, 4) is 0 Å². The molecule has 0 atom stereocenters. The molecule has 1 fully saturated rings. The van der Waals surface area contributed by atoms with Crippen molar-refractivity contribution in [2.45, 2.75) is 42.3 Å². The van der Waals surface area contributed by atoms with Gasteiger partial charge in [0.15, 0.2) is 5.16 Å². The minimum atomic E-state index is -3.49. The van der Waals surface area contributed by atoms with E-state index in [1.165, 1.54) is 28.6 Å². The fourth-order valence-electron chi connectivity index (χ4n) is 3.28. The lowest BCUT2D eigenvalue weighted by Crippen LogP contribution is -2.35. The Morgan fingerprint density at radius 3 is 2.48 bits per heavy atom. The molecule has 10 heteroatoms. The molecule has 0 aliphatic carbocycles. The average molecular weight is 408 g/mol. The smallest absolute Gasteiger partial charge is 0.258 e. The summed E-state index contributed by atoms with van der Waals surface area (Å²) in [5, 5.41) is 11.7. The normalized spacial score (nSPS) is 18.1. The molecule has 0 radical (unpaired) electrons. The summed E-state index contributed by atoms with van der Waals surface area (Å²) < 4.78 is 28.8. The Kier molecular flexibility index (Phi) is 5.20. The van der Waals surface area contributed by atoms with Crippen molar-refractivity contribution in [3.63, 3.8) is 0 Å². The predicted octanol–water partition coefficient (Wildman–Crippen LogP) is 2.20. The second-order valence-corrected chi connectivity index (χ2v) is 9.60. The highest BCUT2D eigenvalue weighted by atomic mass is 32.2. The second kappa shape index (κ2) is 7.61. The Balaban J connectivity index is 1.48. The minimum Gasteiger partial charge on any atom is -0.290 e. The Morgan fingerprint density at radius 2 is 1.74 bits per heavy atom. The number of anilines is 1. The number of rotatable bonds is 4. The van der Waals surface area contributed by atoms with E-state index in [0.29, 0.717) is 24.6 Å². The van der Waals surface area contributed by atoms with Gasteiger partial charge in [-0.2, -0.15) is 4.31 Å². The number of amides is 1. The van der Waals surface area contributed by atoms with Crippen LogP contribution in [0.25, 0.3) is 0 Å². The van der Waals surface area contributed by atoms with Crippen LogP contribution in [0, 0.1) is 0 Å². The number of aromatic nitrogens is 3. The summed E-state index contributed by atoms with van der Waals surface area (Å²) in [5.74, 6) is 1.09. The molecule has 1 aromatic carbocycles. The molecule has 1 saturated heterocycles. The van der Waals surface area contributed by atoms with Gasteiger partial charge in [0.1, 0.15) is 0 Å². The van der Waals surface area contributed by atoms with Crippen LogP contribution in [0.3, 0.4) is 0 Å². The number of nitrogens with zero attached hydrogens (tertiary/aromatic N) is 4. The summed E-state index contributed by atoms with van der Waals surface area (Å²) >= 11 is 1.62. The maximum absolute atomic E-state index is 12.7. The molecule has 0 unspecified atom stereocenters. The van der Waals surface area contributed by atoms with Gasteiger partial charge in [-0.25, -0.2) is 8.42 Å². The number of sulfonamides is 1. The molecular formula is C17H21N5O3S2. The Morgan fingerprint density at radius 1 is 1.00 bits per heavy atom. The van der Waals surface area contributed by atoms with Crippen molar-refractivity contribution in [1.82, 2.24) is 19.1 Å². The van der Waals surface area contributed by atoms with E-state index in [9.17, 15) is 13.2 Å². The molecule has 1 amide bonds. The molecule has 0 saturated carbocycles. The molecule has 1 aromatic heterocycles. The molecule has 144 valence electrons. The average Bonchev–Trinajstić information content (AvgIpc) is 3.12. The molecule has 0 bridgehead atoms. The Bertz CT molecular complexity index is 934. The van der Waals surface area contributed by atoms with Gasteiger partial charge in [-0.3, -0.25) is 14.7 Å². The lowest BCUT2D eigenvalue weighted by Gasteiger charge is -2.25. The number of carbonyl (C=O) groups is 1. The SMILES string of the molecule is O=C(Nc1nnc2n1CCCS2)c1ccc(S(=O)(=O)N2CCCCC2)cc1. The molecule has 3 heterocycles. The van der Waals surface area contributed by atoms with Gasteiger partial charge < -0.3 is 0 Å². The van der Waals surface area contributed by atoms with E-state index in [0.717, 1.165) is 43.1 Å². The highest BCUT2D eigenvalue weighted by molar-refractivity contribution is 7.99. The first-order valence-electron chi connectivity index (χ1n) is 9.03. The summed E-state index contributed by atoms with van der Waals surface area (Å²) in [6.07, 6.45) is 3.85. The lowest BCUT2D eigenvalue weighted by atomic mass is 10.2. The number of piperidine rings is 1. The van der Waals surface area contributed by atoms with Gasteiger partial charge in [0.25, 0.3) is 5.91 Å². The number of thioether (sulfide) groups is 1. The Labute approximate surface area is 162 Å². The fourth-order valence-corrected chi connectivity index (χ4v) is 5.69. The third-order valence-corrected chi connectivity index (χ3v) is 7.73. The van der Waals surface area contributed by atoms with Gasteiger partial charge in [0.05, 0.1) is 4.90 Å². The van der Waals surface area contributed by atoms with Gasteiger partial charge >= 0.3 is 0 Å². The molecule has 8 nitrogen and oxygen atoms in total. The molecule has 0 spiro atoms. The minimum absolute atomic E-state index is 0.220. The molecule has 1 N–H and O–H groups in total. The quantitative estimate of drug-likeness (QED) is 0.835. The zero-order valence-electron chi connectivity index (χ0n) is 14.8. The van der Waals surface area contributed by atoms with Crippen LogP contribution < -0.4 is 5.32 Å². The Hall–Kier alpha value is -1.91. The molecular weight excluding hydrogens is 386 g/mol. The van der Waals surface area contributed by atoms with Crippen LogP contribution in [0.5, 0.6) is 0 Å². The summed E-state index contributed by atoms with van der Waals surface area (Å²) in [5.41, 5.74) is 0.383. The number of carbonyl (C=O) groups excluding carboxylic acids is 1. The molecule has 2 aliphatic heterocycles. The van der Waals surface area contributed by atoms with Crippen LogP contribution in [0.2, 0.25) is 0 Å². The van der Waals surface area contributed by atoms with Crippen LogP contribution >= 0.6 is 11.8 Å². The van der Waals surface area contributed by atoms with Crippen molar-refractivity contribution in [2.24, 2.45) is 0 Å². The zero-order chi connectivity index (χ0) is 18.9. The number of hydrogen-bond donors (Lipinski definition) is 1. The fraction of sp³-hybridized carbons (Fsp3) is 0.471. The molecule has 2 aliphatic rings. The van der Waals surface area contributed by atoms with Crippen molar-refractivity contribution < 1.29 is 13.2 Å². The standard InChI is InChI=1S/C17H21N5O3S2/c23-15(18-16-19-20-17-22(16)11-4-12-26-17)13-5-7-14(8-6-13)27(24,25)21-9-2-1-3-10-21/h5-8H,1-4,9-12H2,(H,18,19,23). The maximum atomic E-state index is 12.7. The van der Waals surface area contributed by atoms with Gasteiger partial charge in [-0.1, -0.05) is 18.2 Å². The van der Waals surface area contributed by atoms with E-state index in [2.05, 4.69) is 15.5 Å². The largest absolute Gasteiger partial charge is 0.290 e. The third-order valence-electron chi connectivity index (χ3n) is 4.77. The first-order valence-corrected chi connectivity index (χ1v) is 11.5. The number of fused-ring (bicyclic) bond motifs is 1. The zero-order valence-corrected chi connectivity index (χ0v) is 16.4. The lowest BCUT2D eigenvalue weighted by molar-refractivity contribution is 0.102. The van der Waals surface area contributed by atoms with E-state index < -0.39 is 10.0 Å². The van der Waals surface area contributed by atoms with Gasteiger partial charge in [-0.05, 0) is 43.5 Å². The van der Waals surface area contributed by atoms with Crippen LogP contribution in [-0.2, 0) is 16.6 Å². The highest BCUT2D eigenvalue weighted by Crippen LogP contribution is 2.26. The maximum Gasteiger partial charge on any atom is 0.258 e. The van der Waals surface area contributed by atoms with Crippen LogP contribution in [0.4, 0.5) is 5.95 Å². The van der Waals surface area contributed by atoms with E-state index in [1.54, 1.807) is 11.8 Å². The van der Waals surface area contributed by atoms with Crippen LogP contribution in [-0.4, -0.2) is 52.2 Å². The van der Waals surface area contributed by atoms with Crippen molar-refractivity contribution >= 4 is 33.6 Å². The molecule has 27 heavy (non-hydrogen) atoms. The first-order chi connectivity index (χ1) is 13.1. The first kappa shape index (κ1) is 18.5. The van der Waals surface area contributed by atoms with E-state index in [1.807, 2.05) is 4.57 Å². The molecule has 4 rings (SSSR count). The van der Waals surface area contributed by atoms with E-state index in [4.69, 9.17) is 0 Å². The topological polar surface area (TPSA) is 97.2 Å². The van der Waals surface area contributed by atoms with Crippen molar-refractivity contribution in [2.75, 3.05) is 24.2 Å². The summed E-state index contributed by atoms with van der Waals surface area (Å²) in [6.45, 7) is 1.89.